The molecule has 0 heterocycles. The third-order valence-electron chi connectivity index (χ3n) is 0.764. The summed E-state index contributed by atoms with van der Waals surface area (Å²) in [7, 11) is 0. The quantitative estimate of drug-likeness (QED) is 0.256. The lowest BCUT2D eigenvalue weighted by molar-refractivity contribution is -0.163. The van der Waals surface area contributed by atoms with Gasteiger partial charge in [0.2, 0.25) is 0 Å². The van der Waals surface area contributed by atoms with Gasteiger partial charge >= 0.3 is 11.9 Å². The van der Waals surface area contributed by atoms with E-state index in [1.165, 1.54) is 6.08 Å². The Hall–Kier alpha value is -1.76. The van der Waals surface area contributed by atoms with Crippen LogP contribution in [-0.2, 0) is 19.1 Å². The average molecular weight is 168 g/mol. The van der Waals surface area contributed by atoms with Crippen LogP contribution in [0.15, 0.2) is 12.3 Å². The van der Waals surface area contributed by atoms with Gasteiger partial charge in [0, 0.05) is 0 Å². The van der Waals surface area contributed by atoms with E-state index in [0.29, 0.717) is 0 Å². The zero-order valence-corrected chi connectivity index (χ0v) is 6.57. The molecule has 0 aliphatic rings. The molecule has 4 heteroatoms. The van der Waals surface area contributed by atoms with E-state index in [1.54, 1.807) is 6.92 Å². The number of hydrogen-bond donors (Lipinski definition) is 0. The monoisotopic (exact) mass is 168 g/mol. The molecule has 0 atom stereocenters. The topological polar surface area (TPSA) is 52.6 Å². The predicted molar refractivity (Wildman–Crippen MR) is 40.7 cm³/mol. The summed E-state index contributed by atoms with van der Waals surface area (Å²) in [5.74, 6) is -0.131. The molecule has 0 bridgehead atoms. The summed E-state index contributed by atoms with van der Waals surface area (Å²) in [6.45, 7) is 1.41. The van der Waals surface area contributed by atoms with Gasteiger partial charge < -0.3 is 9.47 Å². The van der Waals surface area contributed by atoms with E-state index >= 15 is 0 Å². The van der Waals surface area contributed by atoms with E-state index in [4.69, 9.17) is 6.42 Å². The number of ether oxygens (including phenoxy) is 2. The summed E-state index contributed by atoms with van der Waals surface area (Å²) in [5.41, 5.74) is 0. The molecule has 0 aliphatic heterocycles. The molecule has 0 spiro atoms. The van der Waals surface area contributed by atoms with Crippen molar-refractivity contribution >= 4 is 11.9 Å². The molecule has 0 fully saturated rings. The average Bonchev–Trinajstić information content (AvgIpc) is 2.10. The van der Waals surface area contributed by atoms with Gasteiger partial charge in [-0.05, 0) is 6.92 Å². The predicted octanol–water partition coefficient (Wildman–Crippen LogP) is 0.240. The van der Waals surface area contributed by atoms with Crippen LogP contribution in [0, 0.1) is 12.3 Å². The molecule has 0 N–H and O–H groups in total. The van der Waals surface area contributed by atoms with Crippen LogP contribution in [0.25, 0.3) is 0 Å². The fraction of sp³-hybridized carbons (Fsp3) is 0.250. The van der Waals surface area contributed by atoms with Gasteiger partial charge in [-0.3, -0.25) is 0 Å². The summed E-state index contributed by atoms with van der Waals surface area (Å²) in [6.07, 6.45) is 7.33. The number of terminal acetylenes is 1. The smallest absolute Gasteiger partial charge is 0.422 e. The zero-order chi connectivity index (χ0) is 9.40. The summed E-state index contributed by atoms with van der Waals surface area (Å²) in [5, 5.41) is 0. The Bertz CT molecular complexity index is 234. The molecule has 0 amide bonds. The summed E-state index contributed by atoms with van der Waals surface area (Å²) < 4.78 is 8.55. The van der Waals surface area contributed by atoms with Crippen LogP contribution in [0.2, 0.25) is 0 Å². The third kappa shape index (κ3) is 4.12. The van der Waals surface area contributed by atoms with E-state index in [0.717, 1.165) is 6.26 Å². The lowest BCUT2D eigenvalue weighted by Crippen LogP contribution is -2.18. The highest BCUT2D eigenvalue weighted by atomic mass is 16.6. The number of carbonyl (C=O) groups is 2. The van der Waals surface area contributed by atoms with E-state index in [-0.39, 0.29) is 6.61 Å². The molecule has 0 radical (unpaired) electrons. The highest BCUT2D eigenvalue weighted by Gasteiger charge is 2.15. The molecule has 0 saturated heterocycles. The Kier molecular flexibility index (Phi) is 5.11. The molecule has 0 aliphatic carbocycles. The second kappa shape index (κ2) is 5.98. The minimum atomic E-state index is -1.09. The standard InChI is InChI=1S/C8H8O4/c1-3-5-11-7(9)8(10)12-6-4-2/h1,4,6H,5H2,2H3. The van der Waals surface area contributed by atoms with Crippen LogP contribution in [0.5, 0.6) is 0 Å². The first kappa shape index (κ1) is 10.2. The van der Waals surface area contributed by atoms with Crippen molar-refractivity contribution in [3.05, 3.63) is 12.3 Å². The van der Waals surface area contributed by atoms with Gasteiger partial charge in [0.1, 0.15) is 0 Å². The molecule has 0 saturated carbocycles. The van der Waals surface area contributed by atoms with Gasteiger partial charge in [-0.25, -0.2) is 9.59 Å². The SMILES string of the molecule is C#CCOC(=O)C(=O)OC=CC. The van der Waals surface area contributed by atoms with Crippen molar-refractivity contribution in [3.63, 3.8) is 0 Å². The van der Waals surface area contributed by atoms with Crippen LogP contribution in [0.3, 0.4) is 0 Å². The highest BCUT2D eigenvalue weighted by Crippen LogP contribution is 1.85. The first-order valence-electron chi connectivity index (χ1n) is 3.14. The minimum absolute atomic E-state index is 0.232. The summed E-state index contributed by atoms with van der Waals surface area (Å²) in [6, 6.07) is 0. The van der Waals surface area contributed by atoms with Gasteiger partial charge in [-0.1, -0.05) is 12.0 Å². The molecule has 12 heavy (non-hydrogen) atoms. The molecule has 0 aromatic rings. The molecule has 0 rings (SSSR count). The van der Waals surface area contributed by atoms with Crippen LogP contribution >= 0.6 is 0 Å². The van der Waals surface area contributed by atoms with Crippen LogP contribution < -0.4 is 0 Å². The highest BCUT2D eigenvalue weighted by molar-refractivity contribution is 6.29. The Morgan fingerprint density at radius 2 is 2.17 bits per heavy atom. The maximum atomic E-state index is 10.6. The molecular formula is C8H8O4. The lowest BCUT2D eigenvalue weighted by atomic mass is 10.6. The molecule has 0 aromatic carbocycles. The second-order valence-corrected chi connectivity index (χ2v) is 1.65. The van der Waals surface area contributed by atoms with E-state index in [2.05, 4.69) is 9.47 Å². The first-order valence-corrected chi connectivity index (χ1v) is 3.14. The van der Waals surface area contributed by atoms with Crippen molar-refractivity contribution in [2.24, 2.45) is 0 Å². The number of carbonyl (C=O) groups excluding carboxylic acids is 2. The third-order valence-corrected chi connectivity index (χ3v) is 0.764. The normalized spacial score (nSPS) is 9.00. The largest absolute Gasteiger partial charge is 0.444 e. The lowest BCUT2D eigenvalue weighted by Gasteiger charge is -1.97. The fourth-order valence-corrected chi connectivity index (χ4v) is 0.344. The van der Waals surface area contributed by atoms with Crippen LogP contribution in [-0.4, -0.2) is 18.5 Å². The second-order valence-electron chi connectivity index (χ2n) is 1.65. The van der Waals surface area contributed by atoms with Crippen molar-refractivity contribution in [2.45, 2.75) is 6.92 Å². The Labute approximate surface area is 70.2 Å². The van der Waals surface area contributed by atoms with E-state index in [1.807, 2.05) is 5.92 Å². The summed E-state index contributed by atoms with van der Waals surface area (Å²) in [4.78, 5) is 21.2. The van der Waals surface area contributed by atoms with Gasteiger partial charge in [-0.15, -0.1) is 6.42 Å². The maximum Gasteiger partial charge on any atom is 0.422 e. The number of allylic oxidation sites excluding steroid dienone is 1. The molecule has 4 nitrogen and oxygen atoms in total. The fourth-order valence-electron chi connectivity index (χ4n) is 0.344. The van der Waals surface area contributed by atoms with E-state index < -0.39 is 11.9 Å². The minimum Gasteiger partial charge on any atom is -0.444 e. The molecular weight excluding hydrogens is 160 g/mol. The molecule has 64 valence electrons. The molecule has 0 unspecified atom stereocenters. The Morgan fingerprint density at radius 3 is 2.67 bits per heavy atom. The maximum absolute atomic E-state index is 10.6. The number of hydrogen-bond acceptors (Lipinski definition) is 4. The van der Waals surface area contributed by atoms with Gasteiger partial charge in [0.05, 0.1) is 6.26 Å². The molecule has 0 aromatic heterocycles. The van der Waals surface area contributed by atoms with Crippen molar-refractivity contribution in [2.75, 3.05) is 6.61 Å². The van der Waals surface area contributed by atoms with Gasteiger partial charge in [0.25, 0.3) is 0 Å². The zero-order valence-electron chi connectivity index (χ0n) is 6.57. The number of esters is 2. The van der Waals surface area contributed by atoms with Crippen molar-refractivity contribution in [3.8, 4) is 12.3 Å². The first-order chi connectivity index (χ1) is 5.72. The summed E-state index contributed by atoms with van der Waals surface area (Å²) >= 11 is 0. The number of rotatable bonds is 2. The van der Waals surface area contributed by atoms with Crippen molar-refractivity contribution in [1.29, 1.82) is 0 Å². The van der Waals surface area contributed by atoms with Crippen LogP contribution in [0.1, 0.15) is 6.92 Å². The Morgan fingerprint density at radius 1 is 1.50 bits per heavy atom. The van der Waals surface area contributed by atoms with Crippen LogP contribution in [0.4, 0.5) is 0 Å². The van der Waals surface area contributed by atoms with Crippen molar-refractivity contribution < 1.29 is 19.1 Å². The van der Waals surface area contributed by atoms with Crippen molar-refractivity contribution in [1.82, 2.24) is 0 Å². The Balaban J connectivity index is 3.79. The van der Waals surface area contributed by atoms with Gasteiger partial charge in [0.15, 0.2) is 6.61 Å². The van der Waals surface area contributed by atoms with Gasteiger partial charge in [-0.2, -0.15) is 0 Å². The van der Waals surface area contributed by atoms with E-state index in [9.17, 15) is 9.59 Å².